The Morgan fingerprint density at radius 2 is 1.46 bits per heavy atom. The summed E-state index contributed by atoms with van der Waals surface area (Å²) in [6.07, 6.45) is 4.22. The number of carbonyl (C=O) groups is 4. The van der Waals surface area contributed by atoms with Gasteiger partial charge in [0.1, 0.15) is 19.3 Å². The second-order valence-electron chi connectivity index (χ2n) is 13.8. The molecule has 3 atom stereocenters. The molecular formula is C44H47N3O7. The highest BCUT2D eigenvalue weighted by Crippen LogP contribution is 2.44. The molecule has 4 aromatic rings. The van der Waals surface area contributed by atoms with E-state index >= 15 is 0 Å². The van der Waals surface area contributed by atoms with Crippen LogP contribution in [0.25, 0.3) is 11.1 Å². The molecule has 10 heteroatoms. The maximum atomic E-state index is 13.8. The molecule has 0 saturated carbocycles. The number of aliphatic hydroxyl groups excluding tert-OH is 1. The van der Waals surface area contributed by atoms with Crippen molar-refractivity contribution < 1.29 is 33.8 Å². The maximum absolute atomic E-state index is 13.8. The number of carbonyl (C=O) groups excluding carboxylic acids is 4. The van der Waals surface area contributed by atoms with Crippen LogP contribution in [0.1, 0.15) is 53.9 Å². The third-order valence-electron chi connectivity index (χ3n) is 9.96. The van der Waals surface area contributed by atoms with Crippen molar-refractivity contribution in [3.63, 3.8) is 0 Å². The standard InChI is InChI=1S/C44H47N3O7/c48-25-24-47(28-32-16-6-2-7-17-32)41(49)27-33-18-8-3-9-23-40(43(51)53-29-34(45-42(33)50)26-31-14-4-1-5-15-31)46-44(52)54-30-39-37-21-12-10-19-35(37)36-20-11-13-22-38(36)39/h1-8,10-17,19-22,33-34,39-40,48H,9,18,23-30H2,(H,45,50)(H,46,52)/t33-,34+,40+/m1/s1. The van der Waals surface area contributed by atoms with Crippen molar-refractivity contribution in [1.29, 1.82) is 0 Å². The van der Waals surface area contributed by atoms with Gasteiger partial charge in [0.2, 0.25) is 11.8 Å². The van der Waals surface area contributed by atoms with Gasteiger partial charge in [-0.3, -0.25) is 9.59 Å². The Hall–Kier alpha value is -5.74. The number of ether oxygens (including phenoxy) is 2. The summed E-state index contributed by atoms with van der Waals surface area (Å²) in [5.41, 5.74) is 6.26. The number of rotatable bonds is 11. The van der Waals surface area contributed by atoms with Crippen LogP contribution in [0.5, 0.6) is 0 Å². The molecule has 1 aliphatic carbocycles. The van der Waals surface area contributed by atoms with Crippen LogP contribution >= 0.6 is 0 Å². The molecular weight excluding hydrogens is 682 g/mol. The van der Waals surface area contributed by atoms with Gasteiger partial charge in [-0.1, -0.05) is 121 Å². The molecule has 280 valence electrons. The number of amides is 3. The van der Waals surface area contributed by atoms with Gasteiger partial charge in [-0.05, 0) is 59.1 Å². The molecule has 6 rings (SSSR count). The summed E-state index contributed by atoms with van der Waals surface area (Å²) in [7, 11) is 0. The number of nitrogens with zero attached hydrogens (tertiary/aromatic N) is 1. The normalized spacial score (nSPS) is 18.8. The number of nitrogens with one attached hydrogen (secondary N) is 2. The zero-order valence-electron chi connectivity index (χ0n) is 30.3. The minimum Gasteiger partial charge on any atom is -0.462 e. The third-order valence-corrected chi connectivity index (χ3v) is 9.96. The van der Waals surface area contributed by atoms with Crippen molar-refractivity contribution in [2.75, 3.05) is 26.4 Å². The lowest BCUT2D eigenvalue weighted by Crippen LogP contribution is -2.47. The molecule has 54 heavy (non-hydrogen) atoms. The fraction of sp³-hybridized carbons (Fsp3) is 0.318. The van der Waals surface area contributed by atoms with Gasteiger partial charge in [0.25, 0.3) is 0 Å². The van der Waals surface area contributed by atoms with Crippen LogP contribution in [0.4, 0.5) is 4.79 Å². The van der Waals surface area contributed by atoms with E-state index in [1.165, 1.54) is 0 Å². The van der Waals surface area contributed by atoms with Gasteiger partial charge in [0.15, 0.2) is 0 Å². The van der Waals surface area contributed by atoms with E-state index in [-0.39, 0.29) is 63.4 Å². The number of alkyl carbamates (subject to hydrolysis) is 1. The first kappa shape index (κ1) is 38.0. The highest BCUT2D eigenvalue weighted by Gasteiger charge is 2.31. The molecule has 0 fully saturated rings. The van der Waals surface area contributed by atoms with Crippen LogP contribution in [0.2, 0.25) is 0 Å². The Morgan fingerprint density at radius 1 is 0.833 bits per heavy atom. The zero-order chi connectivity index (χ0) is 37.7. The molecule has 0 radical (unpaired) electrons. The number of cyclic esters (lactones) is 1. The SMILES string of the molecule is O=C(N[C@H]1CCC=CC[C@H](CC(=O)N(CCO)Cc2ccccc2)C(=O)N[C@@H](Cc2ccccc2)COC1=O)OCC1c2ccccc2-c2ccccc21. The largest absolute Gasteiger partial charge is 0.462 e. The first-order valence-electron chi connectivity index (χ1n) is 18.6. The van der Waals surface area contributed by atoms with E-state index in [1.807, 2.05) is 109 Å². The molecule has 0 spiro atoms. The Bertz CT molecular complexity index is 1870. The van der Waals surface area contributed by atoms with Crippen LogP contribution in [0.3, 0.4) is 0 Å². The van der Waals surface area contributed by atoms with Gasteiger partial charge < -0.3 is 30.1 Å². The van der Waals surface area contributed by atoms with Crippen LogP contribution in [0.15, 0.2) is 121 Å². The lowest BCUT2D eigenvalue weighted by molar-refractivity contribution is -0.147. The number of benzene rings is 4. The maximum Gasteiger partial charge on any atom is 0.407 e. The fourth-order valence-corrected chi connectivity index (χ4v) is 7.16. The Morgan fingerprint density at radius 3 is 2.13 bits per heavy atom. The third kappa shape index (κ3) is 10.0. The minimum atomic E-state index is -0.985. The van der Waals surface area contributed by atoms with E-state index in [1.54, 1.807) is 4.90 Å². The molecule has 0 unspecified atom stereocenters. The predicted octanol–water partition coefficient (Wildman–Crippen LogP) is 5.93. The van der Waals surface area contributed by atoms with E-state index in [4.69, 9.17) is 9.47 Å². The molecule has 3 amide bonds. The van der Waals surface area contributed by atoms with E-state index in [0.29, 0.717) is 19.4 Å². The number of hydrogen-bond donors (Lipinski definition) is 3. The van der Waals surface area contributed by atoms with Crippen molar-refractivity contribution in [1.82, 2.24) is 15.5 Å². The highest BCUT2D eigenvalue weighted by atomic mass is 16.6. The van der Waals surface area contributed by atoms with E-state index < -0.39 is 30.1 Å². The number of hydrogen-bond acceptors (Lipinski definition) is 7. The van der Waals surface area contributed by atoms with Crippen molar-refractivity contribution in [3.05, 3.63) is 144 Å². The molecule has 0 bridgehead atoms. The molecule has 1 aliphatic heterocycles. The molecule has 1 heterocycles. The fourth-order valence-electron chi connectivity index (χ4n) is 7.16. The van der Waals surface area contributed by atoms with Gasteiger partial charge in [-0.15, -0.1) is 0 Å². The lowest BCUT2D eigenvalue weighted by Gasteiger charge is -2.26. The summed E-state index contributed by atoms with van der Waals surface area (Å²) < 4.78 is 11.5. The second-order valence-corrected chi connectivity index (χ2v) is 13.8. The van der Waals surface area contributed by atoms with E-state index in [0.717, 1.165) is 33.4 Å². The number of allylic oxidation sites excluding steroid dienone is 2. The average molecular weight is 730 g/mol. The van der Waals surface area contributed by atoms with Crippen molar-refractivity contribution in [3.8, 4) is 11.1 Å². The van der Waals surface area contributed by atoms with Crippen molar-refractivity contribution in [2.24, 2.45) is 5.92 Å². The average Bonchev–Trinajstić information content (AvgIpc) is 3.51. The van der Waals surface area contributed by atoms with Crippen LogP contribution < -0.4 is 10.6 Å². The van der Waals surface area contributed by atoms with Gasteiger partial charge in [0, 0.05) is 25.4 Å². The van der Waals surface area contributed by atoms with E-state index in [9.17, 15) is 24.3 Å². The van der Waals surface area contributed by atoms with Crippen molar-refractivity contribution >= 4 is 23.9 Å². The van der Waals surface area contributed by atoms with Crippen LogP contribution in [-0.4, -0.2) is 72.3 Å². The molecule has 4 aromatic carbocycles. The lowest BCUT2D eigenvalue weighted by atomic mass is 9.97. The molecule has 0 saturated heterocycles. The summed E-state index contributed by atoms with van der Waals surface area (Å²) in [6, 6.07) is 33.6. The molecule has 3 N–H and O–H groups in total. The van der Waals surface area contributed by atoms with E-state index in [2.05, 4.69) is 22.8 Å². The topological polar surface area (TPSA) is 134 Å². The summed E-state index contributed by atoms with van der Waals surface area (Å²) in [5, 5.41) is 15.5. The minimum absolute atomic E-state index is 0.0627. The molecule has 2 aliphatic rings. The zero-order valence-corrected chi connectivity index (χ0v) is 30.3. The summed E-state index contributed by atoms with van der Waals surface area (Å²) in [5.74, 6) is -2.04. The van der Waals surface area contributed by atoms with Gasteiger partial charge in [-0.25, -0.2) is 9.59 Å². The smallest absolute Gasteiger partial charge is 0.407 e. The Balaban J connectivity index is 1.14. The number of aliphatic hydroxyl groups is 1. The monoisotopic (exact) mass is 729 g/mol. The Kier molecular flexibility index (Phi) is 13.3. The van der Waals surface area contributed by atoms with Crippen LogP contribution in [-0.2, 0) is 36.8 Å². The summed E-state index contributed by atoms with van der Waals surface area (Å²) in [4.78, 5) is 55.7. The van der Waals surface area contributed by atoms with Crippen molar-refractivity contribution in [2.45, 2.75) is 56.7 Å². The first-order chi connectivity index (χ1) is 26.4. The molecule has 0 aromatic heterocycles. The number of fused-ring (bicyclic) bond motifs is 3. The predicted molar refractivity (Wildman–Crippen MR) is 205 cm³/mol. The molecule has 10 nitrogen and oxygen atoms in total. The summed E-state index contributed by atoms with van der Waals surface area (Å²) >= 11 is 0. The van der Waals surface area contributed by atoms with Gasteiger partial charge in [-0.2, -0.15) is 0 Å². The first-order valence-corrected chi connectivity index (χ1v) is 18.6. The highest BCUT2D eigenvalue weighted by molar-refractivity contribution is 5.86. The number of esters is 1. The van der Waals surface area contributed by atoms with Gasteiger partial charge in [0.05, 0.1) is 18.6 Å². The Labute approximate surface area is 316 Å². The second kappa shape index (κ2) is 18.8. The quantitative estimate of drug-likeness (QED) is 0.129. The summed E-state index contributed by atoms with van der Waals surface area (Å²) in [6.45, 7) is 0.220. The van der Waals surface area contributed by atoms with Gasteiger partial charge >= 0.3 is 12.1 Å². The van der Waals surface area contributed by atoms with Crippen LogP contribution in [0, 0.1) is 5.92 Å².